The monoisotopic (exact) mass is 215 g/mol. The molecular formula is C13H17N3. The van der Waals surface area contributed by atoms with Gasteiger partial charge >= 0.3 is 0 Å². The minimum Gasteiger partial charge on any atom is -0.357 e. The number of nitrogens with one attached hydrogen (secondary N) is 1. The van der Waals surface area contributed by atoms with E-state index >= 15 is 0 Å². The molecule has 84 valence electrons. The van der Waals surface area contributed by atoms with Crippen LogP contribution in [-0.2, 0) is 20.1 Å². The fraction of sp³-hybridized carbons (Fsp3) is 0.308. The molecule has 0 aliphatic rings. The first-order chi connectivity index (χ1) is 7.75. The van der Waals surface area contributed by atoms with Crippen LogP contribution in [0.4, 0.5) is 0 Å². The van der Waals surface area contributed by atoms with Gasteiger partial charge in [0.1, 0.15) is 0 Å². The van der Waals surface area contributed by atoms with Gasteiger partial charge in [-0.05, 0) is 30.2 Å². The number of pyridine rings is 1. The molecule has 2 rings (SSSR count). The summed E-state index contributed by atoms with van der Waals surface area (Å²) in [7, 11) is 2.03. The molecule has 0 amide bonds. The lowest BCUT2D eigenvalue weighted by Gasteiger charge is -2.05. The third kappa shape index (κ3) is 2.70. The van der Waals surface area contributed by atoms with Crippen LogP contribution in [0.15, 0.2) is 36.8 Å². The van der Waals surface area contributed by atoms with Crippen molar-refractivity contribution in [1.29, 1.82) is 0 Å². The fourth-order valence-electron chi connectivity index (χ4n) is 1.69. The molecule has 0 aromatic carbocycles. The van der Waals surface area contributed by atoms with Crippen LogP contribution in [0.2, 0.25) is 0 Å². The molecule has 0 atom stereocenters. The van der Waals surface area contributed by atoms with Crippen LogP contribution in [-0.4, -0.2) is 9.55 Å². The molecule has 1 N–H and O–H groups in total. The summed E-state index contributed by atoms with van der Waals surface area (Å²) in [5.74, 6) is 0. The van der Waals surface area contributed by atoms with E-state index in [1.54, 1.807) is 0 Å². The topological polar surface area (TPSA) is 29.9 Å². The quantitative estimate of drug-likeness (QED) is 0.845. The molecule has 0 saturated carbocycles. The number of rotatable bonds is 4. The molecule has 2 aromatic heterocycles. The lowest BCUT2D eigenvalue weighted by atomic mass is 10.2. The van der Waals surface area contributed by atoms with Crippen molar-refractivity contribution >= 4 is 0 Å². The highest BCUT2D eigenvalue weighted by atomic mass is 14.9. The summed E-state index contributed by atoms with van der Waals surface area (Å²) in [5.41, 5.74) is 3.66. The molecule has 0 saturated heterocycles. The van der Waals surface area contributed by atoms with Gasteiger partial charge in [-0.2, -0.15) is 0 Å². The van der Waals surface area contributed by atoms with E-state index < -0.39 is 0 Å². The third-order valence-corrected chi connectivity index (χ3v) is 2.63. The first kappa shape index (κ1) is 10.9. The van der Waals surface area contributed by atoms with Gasteiger partial charge in [0.15, 0.2) is 0 Å². The smallest absolute Gasteiger partial charge is 0.0570 e. The average molecular weight is 215 g/mol. The molecule has 0 aliphatic heterocycles. The normalized spacial score (nSPS) is 10.6. The van der Waals surface area contributed by atoms with Gasteiger partial charge in [-0.1, -0.05) is 6.07 Å². The van der Waals surface area contributed by atoms with E-state index in [0.717, 1.165) is 18.8 Å². The highest BCUT2D eigenvalue weighted by Crippen LogP contribution is 2.03. The third-order valence-electron chi connectivity index (χ3n) is 2.63. The lowest BCUT2D eigenvalue weighted by molar-refractivity contribution is 0.675. The molecular weight excluding hydrogens is 198 g/mol. The van der Waals surface area contributed by atoms with Crippen LogP contribution in [0.25, 0.3) is 0 Å². The fourth-order valence-corrected chi connectivity index (χ4v) is 1.69. The molecule has 0 unspecified atom stereocenters. The maximum atomic E-state index is 4.35. The Morgan fingerprint density at radius 1 is 1.31 bits per heavy atom. The van der Waals surface area contributed by atoms with E-state index in [1.165, 1.54) is 11.1 Å². The van der Waals surface area contributed by atoms with Gasteiger partial charge in [0.2, 0.25) is 0 Å². The summed E-state index contributed by atoms with van der Waals surface area (Å²) in [6.45, 7) is 3.80. The Morgan fingerprint density at radius 2 is 2.19 bits per heavy atom. The van der Waals surface area contributed by atoms with E-state index in [-0.39, 0.29) is 0 Å². The van der Waals surface area contributed by atoms with Crippen molar-refractivity contribution in [2.24, 2.45) is 7.05 Å². The van der Waals surface area contributed by atoms with Gasteiger partial charge in [0.25, 0.3) is 0 Å². The maximum Gasteiger partial charge on any atom is 0.0570 e. The summed E-state index contributed by atoms with van der Waals surface area (Å²) >= 11 is 0. The van der Waals surface area contributed by atoms with Gasteiger partial charge in [-0.25, -0.2) is 0 Å². The lowest BCUT2D eigenvalue weighted by Crippen LogP contribution is -2.14. The zero-order valence-corrected chi connectivity index (χ0v) is 9.77. The summed E-state index contributed by atoms with van der Waals surface area (Å²) in [5, 5.41) is 3.40. The Bertz CT molecular complexity index is 460. The summed E-state index contributed by atoms with van der Waals surface area (Å²) in [4.78, 5) is 4.35. The van der Waals surface area contributed by atoms with Gasteiger partial charge in [0.05, 0.1) is 5.69 Å². The predicted molar refractivity (Wildman–Crippen MR) is 64.9 cm³/mol. The van der Waals surface area contributed by atoms with E-state index in [1.807, 2.05) is 19.3 Å². The van der Waals surface area contributed by atoms with Gasteiger partial charge in [-0.15, -0.1) is 0 Å². The van der Waals surface area contributed by atoms with Crippen molar-refractivity contribution in [2.45, 2.75) is 20.0 Å². The molecule has 0 aliphatic carbocycles. The van der Waals surface area contributed by atoms with E-state index in [9.17, 15) is 0 Å². The second kappa shape index (κ2) is 4.94. The van der Waals surface area contributed by atoms with Crippen LogP contribution in [0.3, 0.4) is 0 Å². The Labute approximate surface area is 96.1 Å². The molecule has 3 heteroatoms. The second-order valence-electron chi connectivity index (χ2n) is 4.06. The van der Waals surface area contributed by atoms with Crippen LogP contribution in [0.5, 0.6) is 0 Å². The van der Waals surface area contributed by atoms with Crippen LogP contribution < -0.4 is 5.32 Å². The Hall–Kier alpha value is -1.61. The molecule has 2 heterocycles. The standard InChI is InChI=1S/C13H17N3/c1-11-4-3-6-15-13(11)9-14-8-12-5-7-16(2)10-12/h3-7,10,14H,8-9H2,1-2H3. The molecule has 2 aromatic rings. The van der Waals surface area contributed by atoms with Gasteiger partial charge < -0.3 is 9.88 Å². The Balaban J connectivity index is 1.87. The number of aromatic nitrogens is 2. The van der Waals surface area contributed by atoms with E-state index in [4.69, 9.17) is 0 Å². The number of nitrogens with zero attached hydrogens (tertiary/aromatic N) is 2. The molecule has 16 heavy (non-hydrogen) atoms. The Morgan fingerprint density at radius 3 is 2.88 bits per heavy atom. The SMILES string of the molecule is Cc1cccnc1CNCc1ccn(C)c1. The molecule has 0 fully saturated rings. The van der Waals surface area contributed by atoms with Crippen LogP contribution in [0, 0.1) is 6.92 Å². The zero-order valence-electron chi connectivity index (χ0n) is 9.77. The summed E-state index contributed by atoms with van der Waals surface area (Å²) in [6, 6.07) is 6.18. The maximum absolute atomic E-state index is 4.35. The van der Waals surface area contributed by atoms with Gasteiger partial charge in [-0.3, -0.25) is 4.98 Å². The summed E-state index contributed by atoms with van der Waals surface area (Å²) in [6.07, 6.45) is 6.02. The van der Waals surface area contributed by atoms with Crippen molar-refractivity contribution in [3.63, 3.8) is 0 Å². The molecule has 0 bridgehead atoms. The van der Waals surface area contributed by atoms with Gasteiger partial charge in [0, 0.05) is 38.7 Å². The van der Waals surface area contributed by atoms with Crippen LogP contribution in [0.1, 0.15) is 16.8 Å². The first-order valence-electron chi connectivity index (χ1n) is 5.48. The molecule has 0 spiro atoms. The van der Waals surface area contributed by atoms with Crippen LogP contribution >= 0.6 is 0 Å². The Kier molecular flexibility index (Phi) is 3.37. The zero-order chi connectivity index (χ0) is 11.4. The van der Waals surface area contributed by atoms with Crippen molar-refractivity contribution in [2.75, 3.05) is 0 Å². The highest BCUT2D eigenvalue weighted by Gasteiger charge is 1.98. The summed E-state index contributed by atoms with van der Waals surface area (Å²) < 4.78 is 2.06. The number of hydrogen-bond donors (Lipinski definition) is 1. The highest BCUT2D eigenvalue weighted by molar-refractivity contribution is 5.17. The number of aryl methyl sites for hydroxylation is 2. The van der Waals surface area contributed by atoms with Crippen molar-refractivity contribution in [3.05, 3.63) is 53.6 Å². The average Bonchev–Trinajstić information content (AvgIpc) is 2.67. The number of hydrogen-bond acceptors (Lipinski definition) is 2. The van der Waals surface area contributed by atoms with E-state index in [2.05, 4.69) is 46.3 Å². The molecule has 0 radical (unpaired) electrons. The first-order valence-corrected chi connectivity index (χ1v) is 5.48. The van der Waals surface area contributed by atoms with Crippen molar-refractivity contribution < 1.29 is 0 Å². The largest absolute Gasteiger partial charge is 0.357 e. The molecule has 3 nitrogen and oxygen atoms in total. The minimum atomic E-state index is 0.821. The minimum absolute atomic E-state index is 0.821. The predicted octanol–water partition coefficient (Wildman–Crippen LogP) is 2.02. The van der Waals surface area contributed by atoms with Crippen molar-refractivity contribution in [3.8, 4) is 0 Å². The second-order valence-corrected chi connectivity index (χ2v) is 4.06. The van der Waals surface area contributed by atoms with Crippen molar-refractivity contribution in [1.82, 2.24) is 14.9 Å². The van der Waals surface area contributed by atoms with E-state index in [0.29, 0.717) is 0 Å².